The molecule has 0 saturated heterocycles. The molecule has 0 atom stereocenters. The van der Waals surface area contributed by atoms with Gasteiger partial charge in [-0.15, -0.1) is 0 Å². The number of halogens is 1. The minimum absolute atomic E-state index is 0.197. The summed E-state index contributed by atoms with van der Waals surface area (Å²) in [6.07, 6.45) is 1.24. The van der Waals surface area contributed by atoms with E-state index < -0.39 is 5.95 Å². The molecule has 0 fully saturated rings. The number of rotatable bonds is 9. The van der Waals surface area contributed by atoms with Gasteiger partial charge in [-0.25, -0.2) is 4.98 Å². The maximum Gasteiger partial charge on any atom is 0.255 e. The molecule has 0 N–H and O–H groups in total. The summed E-state index contributed by atoms with van der Waals surface area (Å²) in [5, 5.41) is 0. The molecule has 1 amide bonds. The molecule has 1 aromatic rings. The molecule has 0 aromatic carbocycles. The first-order valence-electron chi connectivity index (χ1n) is 6.75. The average Bonchev–Trinajstić information content (AvgIpc) is 2.46. The summed E-state index contributed by atoms with van der Waals surface area (Å²) in [5.41, 5.74) is 0.361. The van der Waals surface area contributed by atoms with Gasteiger partial charge in [0.1, 0.15) is 0 Å². The van der Waals surface area contributed by atoms with Crippen molar-refractivity contribution in [3.8, 4) is 0 Å². The number of ether oxygens (including phenoxy) is 2. The van der Waals surface area contributed by atoms with Crippen molar-refractivity contribution in [2.45, 2.75) is 13.8 Å². The summed E-state index contributed by atoms with van der Waals surface area (Å²) in [6.45, 7) is 6.86. The Morgan fingerprint density at radius 1 is 1.20 bits per heavy atom. The third-order valence-electron chi connectivity index (χ3n) is 2.68. The molecule has 0 unspecified atom stereocenters. The van der Waals surface area contributed by atoms with Crippen molar-refractivity contribution in [2.75, 3.05) is 39.5 Å². The van der Waals surface area contributed by atoms with Gasteiger partial charge in [0, 0.05) is 32.5 Å². The summed E-state index contributed by atoms with van der Waals surface area (Å²) in [6, 6.07) is 2.61. The van der Waals surface area contributed by atoms with Crippen molar-refractivity contribution < 1.29 is 18.7 Å². The molecule has 1 aromatic heterocycles. The first-order chi connectivity index (χ1) is 9.69. The van der Waals surface area contributed by atoms with Crippen molar-refractivity contribution in [1.29, 1.82) is 0 Å². The third-order valence-corrected chi connectivity index (χ3v) is 2.68. The molecule has 0 spiro atoms. The molecule has 0 aliphatic rings. The van der Waals surface area contributed by atoms with Crippen LogP contribution in [0.5, 0.6) is 0 Å². The van der Waals surface area contributed by atoms with Gasteiger partial charge in [0.2, 0.25) is 5.95 Å². The van der Waals surface area contributed by atoms with Crippen molar-refractivity contribution >= 4 is 5.91 Å². The zero-order valence-corrected chi connectivity index (χ0v) is 12.0. The molecule has 0 bridgehead atoms. The van der Waals surface area contributed by atoms with Crippen LogP contribution in [0.25, 0.3) is 0 Å². The number of aromatic nitrogens is 1. The van der Waals surface area contributed by atoms with E-state index >= 15 is 0 Å². The second kappa shape index (κ2) is 9.39. The number of amides is 1. The predicted octanol–water partition coefficient (Wildman–Crippen LogP) is 1.74. The average molecular weight is 284 g/mol. The van der Waals surface area contributed by atoms with Crippen molar-refractivity contribution in [3.63, 3.8) is 0 Å². The second-order valence-corrected chi connectivity index (χ2v) is 4.06. The molecule has 0 radical (unpaired) electrons. The van der Waals surface area contributed by atoms with Crippen molar-refractivity contribution in [1.82, 2.24) is 9.88 Å². The van der Waals surface area contributed by atoms with Gasteiger partial charge in [0.25, 0.3) is 5.91 Å². The van der Waals surface area contributed by atoms with E-state index in [0.717, 1.165) is 0 Å². The highest BCUT2D eigenvalue weighted by molar-refractivity contribution is 5.93. The topological polar surface area (TPSA) is 51.7 Å². The molecule has 1 heterocycles. The van der Waals surface area contributed by atoms with Crippen LogP contribution in [0.1, 0.15) is 24.2 Å². The first kappa shape index (κ1) is 16.5. The smallest absolute Gasteiger partial charge is 0.255 e. The van der Waals surface area contributed by atoms with Crippen LogP contribution in [0.15, 0.2) is 18.3 Å². The van der Waals surface area contributed by atoms with Crippen molar-refractivity contribution in [2.24, 2.45) is 0 Å². The highest BCUT2D eigenvalue weighted by Crippen LogP contribution is 2.05. The molecule has 0 saturated carbocycles. The van der Waals surface area contributed by atoms with Crippen LogP contribution >= 0.6 is 0 Å². The summed E-state index contributed by atoms with van der Waals surface area (Å²) in [7, 11) is 0. The van der Waals surface area contributed by atoms with Gasteiger partial charge in [0.05, 0.1) is 18.8 Å². The van der Waals surface area contributed by atoms with Gasteiger partial charge >= 0.3 is 0 Å². The van der Waals surface area contributed by atoms with Crippen LogP contribution in [0.4, 0.5) is 4.39 Å². The van der Waals surface area contributed by atoms with E-state index in [1.165, 1.54) is 18.3 Å². The van der Waals surface area contributed by atoms with E-state index in [0.29, 0.717) is 45.1 Å². The first-order valence-corrected chi connectivity index (χ1v) is 6.75. The van der Waals surface area contributed by atoms with Crippen LogP contribution in [0.2, 0.25) is 0 Å². The minimum Gasteiger partial charge on any atom is -0.380 e. The Bertz CT molecular complexity index is 388. The fourth-order valence-corrected chi connectivity index (χ4v) is 1.64. The lowest BCUT2D eigenvalue weighted by Gasteiger charge is -2.22. The summed E-state index contributed by atoms with van der Waals surface area (Å²) in [4.78, 5) is 17.4. The SMILES string of the molecule is CCOCCN(CCOCC)C(=O)c1ccc(F)nc1. The molecule has 20 heavy (non-hydrogen) atoms. The van der Waals surface area contributed by atoms with E-state index in [4.69, 9.17) is 9.47 Å². The van der Waals surface area contributed by atoms with Gasteiger partial charge in [-0.1, -0.05) is 0 Å². The minimum atomic E-state index is -0.600. The number of pyridine rings is 1. The molecule has 112 valence electrons. The fraction of sp³-hybridized carbons (Fsp3) is 0.571. The number of hydrogen-bond donors (Lipinski definition) is 0. The van der Waals surface area contributed by atoms with Gasteiger partial charge in [0.15, 0.2) is 0 Å². The maximum atomic E-state index is 12.8. The quantitative estimate of drug-likeness (QED) is 0.512. The van der Waals surface area contributed by atoms with Crippen molar-refractivity contribution in [3.05, 3.63) is 29.8 Å². The normalized spacial score (nSPS) is 10.6. The third kappa shape index (κ3) is 5.63. The lowest BCUT2D eigenvalue weighted by atomic mass is 10.2. The van der Waals surface area contributed by atoms with Crippen LogP contribution in [0, 0.1) is 5.95 Å². The Morgan fingerprint density at radius 2 is 1.80 bits per heavy atom. The summed E-state index contributed by atoms with van der Waals surface area (Å²) < 4.78 is 23.3. The number of hydrogen-bond acceptors (Lipinski definition) is 4. The monoisotopic (exact) mass is 284 g/mol. The zero-order chi connectivity index (χ0) is 14.8. The molecular weight excluding hydrogens is 263 g/mol. The highest BCUT2D eigenvalue weighted by Gasteiger charge is 2.15. The van der Waals surface area contributed by atoms with E-state index in [2.05, 4.69) is 4.98 Å². The molecule has 1 rings (SSSR count). The Morgan fingerprint density at radius 3 is 2.25 bits per heavy atom. The summed E-state index contributed by atoms with van der Waals surface area (Å²) in [5.74, 6) is -0.798. The van der Waals surface area contributed by atoms with E-state index in [1.807, 2.05) is 13.8 Å². The Labute approximate surface area is 118 Å². The second-order valence-electron chi connectivity index (χ2n) is 4.06. The predicted molar refractivity (Wildman–Crippen MR) is 73.1 cm³/mol. The van der Waals surface area contributed by atoms with Crippen LogP contribution in [-0.2, 0) is 9.47 Å². The molecular formula is C14H21FN2O3. The van der Waals surface area contributed by atoms with Gasteiger partial charge < -0.3 is 14.4 Å². The Kier molecular flexibility index (Phi) is 7.75. The fourth-order valence-electron chi connectivity index (χ4n) is 1.64. The van der Waals surface area contributed by atoms with E-state index in [9.17, 15) is 9.18 Å². The summed E-state index contributed by atoms with van der Waals surface area (Å²) >= 11 is 0. The van der Waals surface area contributed by atoms with E-state index in [-0.39, 0.29) is 5.91 Å². The van der Waals surface area contributed by atoms with Crippen LogP contribution < -0.4 is 0 Å². The number of carbonyl (C=O) groups excluding carboxylic acids is 1. The Balaban J connectivity index is 2.63. The Hall–Kier alpha value is -1.53. The molecule has 0 aliphatic heterocycles. The largest absolute Gasteiger partial charge is 0.380 e. The van der Waals surface area contributed by atoms with Crippen LogP contribution in [0.3, 0.4) is 0 Å². The van der Waals surface area contributed by atoms with Gasteiger partial charge in [-0.05, 0) is 26.0 Å². The molecule has 6 heteroatoms. The number of carbonyl (C=O) groups is 1. The lowest BCUT2D eigenvalue weighted by molar-refractivity contribution is 0.0549. The molecule has 5 nitrogen and oxygen atoms in total. The lowest BCUT2D eigenvalue weighted by Crippen LogP contribution is -2.36. The van der Waals surface area contributed by atoms with Crippen LogP contribution in [-0.4, -0.2) is 55.3 Å². The van der Waals surface area contributed by atoms with E-state index in [1.54, 1.807) is 4.90 Å². The molecule has 0 aliphatic carbocycles. The standard InChI is InChI=1S/C14H21FN2O3/c1-3-19-9-7-17(8-10-20-4-2)14(18)12-5-6-13(15)16-11-12/h5-6,11H,3-4,7-10H2,1-2H3. The van der Waals surface area contributed by atoms with Gasteiger partial charge in [-0.3, -0.25) is 4.79 Å². The van der Waals surface area contributed by atoms with Gasteiger partial charge in [-0.2, -0.15) is 4.39 Å². The maximum absolute atomic E-state index is 12.8. The number of nitrogens with zero attached hydrogens (tertiary/aromatic N) is 2. The zero-order valence-electron chi connectivity index (χ0n) is 12.0. The highest BCUT2D eigenvalue weighted by atomic mass is 19.1.